The predicted molar refractivity (Wildman–Crippen MR) is 113 cm³/mol. The molecule has 1 aliphatic heterocycles. The minimum absolute atomic E-state index is 0.256. The van der Waals surface area contributed by atoms with Gasteiger partial charge in [0.25, 0.3) is 5.91 Å². The monoisotopic (exact) mass is 419 g/mol. The SMILES string of the molecule is COC(=O)COc1ccc(C(=O)NC2c3ccccc3Oc3ccccc32)cc1OC. The van der Waals surface area contributed by atoms with E-state index in [1.807, 2.05) is 48.5 Å². The van der Waals surface area contributed by atoms with Crippen LogP contribution in [0.4, 0.5) is 0 Å². The zero-order valence-electron chi connectivity index (χ0n) is 17.1. The summed E-state index contributed by atoms with van der Waals surface area (Å²) in [6.07, 6.45) is 0. The Hall–Kier alpha value is -4.00. The lowest BCUT2D eigenvalue weighted by atomic mass is 9.94. The molecule has 31 heavy (non-hydrogen) atoms. The lowest BCUT2D eigenvalue weighted by molar-refractivity contribution is -0.142. The molecule has 0 spiro atoms. The smallest absolute Gasteiger partial charge is 0.343 e. The number of carbonyl (C=O) groups excluding carboxylic acids is 2. The second-order valence-corrected chi connectivity index (χ2v) is 6.81. The van der Waals surface area contributed by atoms with Gasteiger partial charge >= 0.3 is 5.97 Å². The quantitative estimate of drug-likeness (QED) is 0.611. The van der Waals surface area contributed by atoms with Crippen molar-refractivity contribution < 1.29 is 28.5 Å². The number of fused-ring (bicyclic) bond motifs is 2. The minimum Gasteiger partial charge on any atom is -0.493 e. The number of rotatable bonds is 6. The molecule has 3 aromatic rings. The number of ether oxygens (including phenoxy) is 4. The summed E-state index contributed by atoms with van der Waals surface area (Å²) in [7, 11) is 2.75. The highest BCUT2D eigenvalue weighted by Gasteiger charge is 2.28. The Bertz CT molecular complexity index is 1080. The van der Waals surface area contributed by atoms with E-state index >= 15 is 0 Å². The van der Waals surface area contributed by atoms with Crippen LogP contribution in [0, 0.1) is 0 Å². The van der Waals surface area contributed by atoms with Gasteiger partial charge in [0, 0.05) is 16.7 Å². The van der Waals surface area contributed by atoms with Crippen molar-refractivity contribution in [3.05, 3.63) is 83.4 Å². The molecule has 0 atom stereocenters. The number of amides is 1. The number of carbonyl (C=O) groups is 2. The molecule has 0 saturated carbocycles. The van der Waals surface area contributed by atoms with Gasteiger partial charge < -0.3 is 24.3 Å². The Morgan fingerprint density at radius 2 is 1.55 bits per heavy atom. The van der Waals surface area contributed by atoms with Gasteiger partial charge in [-0.2, -0.15) is 0 Å². The Labute approximate surface area is 179 Å². The van der Waals surface area contributed by atoms with Crippen LogP contribution in [-0.2, 0) is 9.53 Å². The molecule has 158 valence electrons. The summed E-state index contributed by atoms with van der Waals surface area (Å²) in [5, 5.41) is 3.09. The number of nitrogens with one attached hydrogen (secondary N) is 1. The number of hydrogen-bond donors (Lipinski definition) is 1. The number of benzene rings is 3. The summed E-state index contributed by atoms with van der Waals surface area (Å²) in [4.78, 5) is 24.4. The second kappa shape index (κ2) is 8.79. The first-order chi connectivity index (χ1) is 15.1. The Balaban J connectivity index is 1.59. The first-order valence-corrected chi connectivity index (χ1v) is 9.65. The number of para-hydroxylation sites is 2. The van der Waals surface area contributed by atoms with Gasteiger partial charge in [0.05, 0.1) is 20.3 Å². The third-order valence-corrected chi connectivity index (χ3v) is 4.95. The van der Waals surface area contributed by atoms with Crippen molar-refractivity contribution in [1.82, 2.24) is 5.32 Å². The maximum atomic E-state index is 13.1. The fourth-order valence-corrected chi connectivity index (χ4v) is 3.40. The minimum atomic E-state index is -0.513. The molecule has 7 heteroatoms. The molecule has 0 unspecified atom stereocenters. The lowest BCUT2D eigenvalue weighted by Gasteiger charge is -2.28. The number of methoxy groups -OCH3 is 2. The molecule has 0 aliphatic carbocycles. The molecular formula is C24H21NO6. The van der Waals surface area contributed by atoms with Gasteiger partial charge in [0.15, 0.2) is 18.1 Å². The zero-order valence-corrected chi connectivity index (χ0v) is 17.1. The van der Waals surface area contributed by atoms with Crippen LogP contribution in [0.15, 0.2) is 66.7 Å². The van der Waals surface area contributed by atoms with Crippen molar-refractivity contribution in [3.63, 3.8) is 0 Å². The normalized spacial score (nSPS) is 12.1. The van der Waals surface area contributed by atoms with Gasteiger partial charge in [-0.3, -0.25) is 4.79 Å². The zero-order chi connectivity index (χ0) is 21.8. The van der Waals surface area contributed by atoms with E-state index in [1.54, 1.807) is 18.2 Å². The largest absolute Gasteiger partial charge is 0.493 e. The molecular weight excluding hydrogens is 398 g/mol. The first kappa shape index (κ1) is 20.3. The van der Waals surface area contributed by atoms with Crippen molar-refractivity contribution in [1.29, 1.82) is 0 Å². The van der Waals surface area contributed by atoms with Gasteiger partial charge in [0.1, 0.15) is 11.5 Å². The molecule has 4 rings (SSSR count). The molecule has 1 heterocycles. The third-order valence-electron chi connectivity index (χ3n) is 4.95. The summed E-state index contributed by atoms with van der Waals surface area (Å²) in [5.74, 6) is 1.29. The van der Waals surface area contributed by atoms with E-state index in [-0.39, 0.29) is 18.6 Å². The van der Waals surface area contributed by atoms with E-state index in [4.69, 9.17) is 14.2 Å². The van der Waals surface area contributed by atoms with E-state index in [2.05, 4.69) is 10.1 Å². The van der Waals surface area contributed by atoms with Crippen LogP contribution in [0.2, 0.25) is 0 Å². The molecule has 0 bridgehead atoms. The maximum Gasteiger partial charge on any atom is 0.343 e. The fraction of sp³-hybridized carbons (Fsp3) is 0.167. The average molecular weight is 419 g/mol. The van der Waals surface area contributed by atoms with E-state index in [0.29, 0.717) is 28.6 Å². The topological polar surface area (TPSA) is 83.1 Å². The molecule has 1 aliphatic rings. The van der Waals surface area contributed by atoms with Crippen LogP contribution in [0.3, 0.4) is 0 Å². The standard InChI is InChI=1S/C24H21NO6/c1-28-21-13-15(11-12-20(21)30-14-22(26)29-2)24(27)25-23-16-7-3-5-9-18(16)31-19-10-6-4-8-17(19)23/h3-13,23H,14H2,1-2H3,(H,25,27). The molecule has 0 radical (unpaired) electrons. The van der Waals surface area contributed by atoms with E-state index < -0.39 is 5.97 Å². The summed E-state index contributed by atoms with van der Waals surface area (Å²) in [5.41, 5.74) is 2.14. The van der Waals surface area contributed by atoms with Crippen LogP contribution >= 0.6 is 0 Å². The Morgan fingerprint density at radius 1 is 0.903 bits per heavy atom. The highest BCUT2D eigenvalue weighted by Crippen LogP contribution is 2.42. The highest BCUT2D eigenvalue weighted by molar-refractivity contribution is 5.95. The van der Waals surface area contributed by atoms with Gasteiger partial charge in [-0.15, -0.1) is 0 Å². The van der Waals surface area contributed by atoms with E-state index in [9.17, 15) is 9.59 Å². The lowest BCUT2D eigenvalue weighted by Crippen LogP contribution is -2.31. The van der Waals surface area contributed by atoms with E-state index in [0.717, 1.165) is 11.1 Å². The molecule has 7 nitrogen and oxygen atoms in total. The number of hydrogen-bond acceptors (Lipinski definition) is 6. The van der Waals surface area contributed by atoms with Crippen LogP contribution in [0.5, 0.6) is 23.0 Å². The summed E-state index contributed by atoms with van der Waals surface area (Å²) in [6, 6.07) is 19.6. The van der Waals surface area contributed by atoms with Gasteiger partial charge in [-0.25, -0.2) is 4.79 Å². The molecule has 1 amide bonds. The number of esters is 1. The van der Waals surface area contributed by atoms with Crippen molar-refractivity contribution in [2.45, 2.75) is 6.04 Å². The van der Waals surface area contributed by atoms with Gasteiger partial charge in [0.2, 0.25) is 0 Å². The van der Waals surface area contributed by atoms with Crippen LogP contribution < -0.4 is 19.5 Å². The fourth-order valence-electron chi connectivity index (χ4n) is 3.40. The summed E-state index contributed by atoms with van der Waals surface area (Å²) < 4.78 is 21.3. The molecule has 0 fully saturated rings. The van der Waals surface area contributed by atoms with Crippen molar-refractivity contribution >= 4 is 11.9 Å². The van der Waals surface area contributed by atoms with Crippen LogP contribution in [0.25, 0.3) is 0 Å². The molecule has 0 aromatic heterocycles. The second-order valence-electron chi connectivity index (χ2n) is 6.81. The van der Waals surface area contributed by atoms with Gasteiger partial charge in [-0.05, 0) is 30.3 Å². The van der Waals surface area contributed by atoms with Crippen molar-refractivity contribution in [2.24, 2.45) is 0 Å². The third kappa shape index (κ3) is 4.16. The molecule has 1 N–H and O–H groups in total. The summed E-state index contributed by atoms with van der Waals surface area (Å²) in [6.45, 7) is -0.256. The average Bonchev–Trinajstić information content (AvgIpc) is 2.82. The first-order valence-electron chi connectivity index (χ1n) is 9.65. The van der Waals surface area contributed by atoms with E-state index in [1.165, 1.54) is 14.2 Å². The molecule has 3 aromatic carbocycles. The van der Waals surface area contributed by atoms with Gasteiger partial charge in [-0.1, -0.05) is 36.4 Å². The Morgan fingerprint density at radius 3 is 2.16 bits per heavy atom. The highest BCUT2D eigenvalue weighted by atomic mass is 16.6. The predicted octanol–water partition coefficient (Wildman–Crippen LogP) is 3.87. The van der Waals surface area contributed by atoms with Crippen molar-refractivity contribution in [2.75, 3.05) is 20.8 Å². The molecule has 0 saturated heterocycles. The van der Waals surface area contributed by atoms with Crippen LogP contribution in [0.1, 0.15) is 27.5 Å². The maximum absolute atomic E-state index is 13.1. The Kier molecular flexibility index (Phi) is 5.75. The van der Waals surface area contributed by atoms with Crippen molar-refractivity contribution in [3.8, 4) is 23.0 Å². The summed E-state index contributed by atoms with van der Waals surface area (Å²) >= 11 is 0. The van der Waals surface area contributed by atoms with Crippen LogP contribution in [-0.4, -0.2) is 32.7 Å².